The van der Waals surface area contributed by atoms with Gasteiger partial charge in [-0.05, 0) is 63.8 Å². The molecular formula is C26H36N4O5. The quantitative estimate of drug-likeness (QED) is 0.440. The van der Waals surface area contributed by atoms with Crippen molar-refractivity contribution in [3.63, 3.8) is 0 Å². The first-order chi connectivity index (χ1) is 16.9. The average Bonchev–Trinajstić information content (AvgIpc) is 3.18. The fourth-order valence-corrected chi connectivity index (χ4v) is 3.97. The van der Waals surface area contributed by atoms with Crippen LogP contribution in [0.2, 0.25) is 0 Å². The van der Waals surface area contributed by atoms with Gasteiger partial charge in [0.05, 0.1) is 29.1 Å². The molecule has 2 amide bonds. The fourth-order valence-electron chi connectivity index (χ4n) is 3.97. The first-order valence-corrected chi connectivity index (χ1v) is 12.4. The zero-order valence-corrected chi connectivity index (χ0v) is 20.9. The molecule has 9 heteroatoms. The van der Waals surface area contributed by atoms with E-state index in [1.54, 1.807) is 24.3 Å². The van der Waals surface area contributed by atoms with Gasteiger partial charge in [0.25, 0.3) is 11.8 Å². The van der Waals surface area contributed by atoms with Crippen molar-refractivity contribution >= 4 is 17.8 Å². The minimum absolute atomic E-state index is 0.0379. The van der Waals surface area contributed by atoms with Crippen LogP contribution in [0.4, 0.5) is 0 Å². The highest BCUT2D eigenvalue weighted by Gasteiger charge is 2.23. The molecule has 0 fully saturated rings. The second-order valence-corrected chi connectivity index (χ2v) is 8.87. The molecule has 35 heavy (non-hydrogen) atoms. The minimum atomic E-state index is -0.439. The van der Waals surface area contributed by atoms with E-state index < -0.39 is 5.97 Å². The smallest absolute Gasteiger partial charge is 0.338 e. The van der Waals surface area contributed by atoms with Crippen LogP contribution in [0.15, 0.2) is 24.3 Å². The van der Waals surface area contributed by atoms with Crippen molar-refractivity contribution in [2.24, 2.45) is 0 Å². The Morgan fingerprint density at radius 2 is 1.89 bits per heavy atom. The summed E-state index contributed by atoms with van der Waals surface area (Å²) in [7, 11) is 0. The SMILES string of the molecule is CCc1nn(CCCOC(=O)c2ccc(C(=O)NC(C)C)cc2)c2c1C(=O)NCCCOCCC2. The largest absolute Gasteiger partial charge is 0.462 e. The predicted molar refractivity (Wildman–Crippen MR) is 132 cm³/mol. The summed E-state index contributed by atoms with van der Waals surface area (Å²) in [5.41, 5.74) is 3.26. The van der Waals surface area contributed by atoms with Crippen molar-refractivity contribution in [3.8, 4) is 0 Å². The van der Waals surface area contributed by atoms with Gasteiger partial charge in [-0.3, -0.25) is 14.3 Å². The van der Waals surface area contributed by atoms with E-state index in [9.17, 15) is 14.4 Å². The van der Waals surface area contributed by atoms with Crippen LogP contribution in [0.5, 0.6) is 0 Å². The van der Waals surface area contributed by atoms with Crippen LogP contribution in [0, 0.1) is 0 Å². The van der Waals surface area contributed by atoms with Gasteiger partial charge in [-0.1, -0.05) is 6.92 Å². The first-order valence-electron chi connectivity index (χ1n) is 12.4. The Bertz CT molecular complexity index is 1010. The zero-order chi connectivity index (χ0) is 25.2. The number of carbonyl (C=O) groups is 3. The predicted octanol–water partition coefficient (Wildman–Crippen LogP) is 2.91. The molecule has 0 spiro atoms. The van der Waals surface area contributed by atoms with Gasteiger partial charge >= 0.3 is 5.97 Å². The molecule has 2 heterocycles. The first kappa shape index (κ1) is 26.4. The molecule has 0 bridgehead atoms. The number of aromatic nitrogens is 2. The van der Waals surface area contributed by atoms with E-state index in [2.05, 4.69) is 15.7 Å². The third-order valence-electron chi connectivity index (χ3n) is 5.70. The molecule has 9 nitrogen and oxygen atoms in total. The van der Waals surface area contributed by atoms with Crippen LogP contribution in [-0.4, -0.2) is 60.0 Å². The molecule has 0 radical (unpaired) electrons. The number of nitrogens with one attached hydrogen (secondary N) is 2. The van der Waals surface area contributed by atoms with E-state index in [1.165, 1.54) is 0 Å². The summed E-state index contributed by atoms with van der Waals surface area (Å²) in [5, 5.41) is 10.5. The van der Waals surface area contributed by atoms with Crippen LogP contribution >= 0.6 is 0 Å². The molecule has 3 rings (SSSR count). The second-order valence-electron chi connectivity index (χ2n) is 8.87. The normalized spacial score (nSPS) is 14.6. The molecule has 0 atom stereocenters. The number of ether oxygens (including phenoxy) is 2. The number of nitrogens with zero attached hydrogens (tertiary/aromatic N) is 2. The number of hydrogen-bond acceptors (Lipinski definition) is 6. The Morgan fingerprint density at radius 3 is 2.60 bits per heavy atom. The average molecular weight is 485 g/mol. The number of amides is 2. The van der Waals surface area contributed by atoms with E-state index in [0.717, 1.165) is 24.2 Å². The standard InChI is InChI=1S/C26H36N4O5/c1-4-21-23-22(8-5-15-34-16-6-13-27-25(23)32)30(29-21)14-7-17-35-26(33)20-11-9-19(10-12-20)24(31)28-18(2)3/h9-12,18H,4-8,13-17H2,1-3H3,(H,27,32)(H,28,31). The summed E-state index contributed by atoms with van der Waals surface area (Å²) < 4.78 is 12.9. The Morgan fingerprint density at radius 1 is 1.17 bits per heavy atom. The number of fused-ring (bicyclic) bond motifs is 1. The lowest BCUT2D eigenvalue weighted by molar-refractivity contribution is 0.0494. The maximum absolute atomic E-state index is 12.8. The summed E-state index contributed by atoms with van der Waals surface area (Å²) in [5.74, 6) is -0.698. The Hall–Kier alpha value is -3.20. The molecule has 190 valence electrons. The molecule has 1 aliphatic heterocycles. The van der Waals surface area contributed by atoms with Crippen molar-refractivity contribution in [2.75, 3.05) is 26.4 Å². The van der Waals surface area contributed by atoms with Crippen LogP contribution in [0.25, 0.3) is 0 Å². The lowest BCUT2D eigenvalue weighted by Crippen LogP contribution is -2.30. The Kier molecular flexibility index (Phi) is 9.84. The molecule has 1 aromatic heterocycles. The fraction of sp³-hybridized carbons (Fsp3) is 0.538. The Labute approximate surface area is 206 Å². The molecular weight excluding hydrogens is 448 g/mol. The minimum Gasteiger partial charge on any atom is -0.462 e. The van der Waals surface area contributed by atoms with E-state index in [-0.39, 0.29) is 24.5 Å². The number of hydrogen-bond donors (Lipinski definition) is 2. The number of esters is 1. The van der Waals surface area contributed by atoms with Crippen molar-refractivity contribution in [1.82, 2.24) is 20.4 Å². The van der Waals surface area contributed by atoms with Gasteiger partial charge in [0, 0.05) is 44.3 Å². The van der Waals surface area contributed by atoms with Gasteiger partial charge in [-0.15, -0.1) is 0 Å². The van der Waals surface area contributed by atoms with Gasteiger partial charge in [0.15, 0.2) is 0 Å². The highest BCUT2D eigenvalue weighted by molar-refractivity contribution is 5.97. The van der Waals surface area contributed by atoms with E-state index >= 15 is 0 Å². The molecule has 1 aliphatic rings. The van der Waals surface area contributed by atoms with Crippen molar-refractivity contribution < 1.29 is 23.9 Å². The molecule has 0 saturated carbocycles. The number of rotatable bonds is 8. The molecule has 2 aromatic rings. The number of benzene rings is 1. The lowest BCUT2D eigenvalue weighted by atomic mass is 10.1. The Balaban J connectivity index is 1.58. The van der Waals surface area contributed by atoms with Gasteiger partial charge < -0.3 is 20.1 Å². The molecule has 1 aromatic carbocycles. The van der Waals surface area contributed by atoms with Crippen LogP contribution < -0.4 is 10.6 Å². The lowest BCUT2D eigenvalue weighted by Gasteiger charge is -2.10. The maximum Gasteiger partial charge on any atom is 0.338 e. The van der Waals surface area contributed by atoms with Crippen LogP contribution in [0.3, 0.4) is 0 Å². The summed E-state index contributed by atoms with van der Waals surface area (Å²) >= 11 is 0. The highest BCUT2D eigenvalue weighted by Crippen LogP contribution is 2.19. The van der Waals surface area contributed by atoms with Crippen molar-refractivity contribution in [2.45, 2.75) is 65.5 Å². The topological polar surface area (TPSA) is 112 Å². The van der Waals surface area contributed by atoms with Gasteiger partial charge in [-0.25, -0.2) is 4.79 Å². The van der Waals surface area contributed by atoms with Gasteiger partial charge in [0.2, 0.25) is 0 Å². The summed E-state index contributed by atoms with van der Waals surface area (Å²) in [4.78, 5) is 37.3. The molecule has 0 unspecified atom stereocenters. The van der Waals surface area contributed by atoms with Crippen molar-refractivity contribution in [3.05, 3.63) is 52.3 Å². The van der Waals surface area contributed by atoms with E-state index in [1.807, 2.05) is 25.5 Å². The monoisotopic (exact) mass is 484 g/mol. The summed E-state index contributed by atoms with van der Waals surface area (Å²) in [6.45, 7) is 8.40. The third kappa shape index (κ3) is 7.39. The molecule has 0 saturated heterocycles. The van der Waals surface area contributed by atoms with Crippen molar-refractivity contribution in [1.29, 1.82) is 0 Å². The third-order valence-corrected chi connectivity index (χ3v) is 5.70. The van der Waals surface area contributed by atoms with Crippen LogP contribution in [0.1, 0.15) is 82.5 Å². The second kappa shape index (κ2) is 13.0. The number of carbonyl (C=O) groups excluding carboxylic acids is 3. The number of aryl methyl sites for hydroxylation is 2. The summed E-state index contributed by atoms with van der Waals surface area (Å²) in [6.07, 6.45) is 3.53. The van der Waals surface area contributed by atoms with Crippen LogP contribution in [-0.2, 0) is 28.9 Å². The molecule has 0 aliphatic carbocycles. The van der Waals surface area contributed by atoms with E-state index in [0.29, 0.717) is 62.3 Å². The molecule has 2 N–H and O–H groups in total. The zero-order valence-electron chi connectivity index (χ0n) is 20.9. The maximum atomic E-state index is 12.8. The summed E-state index contributed by atoms with van der Waals surface area (Å²) in [6, 6.07) is 6.46. The van der Waals surface area contributed by atoms with E-state index in [4.69, 9.17) is 9.47 Å². The highest BCUT2D eigenvalue weighted by atomic mass is 16.5. The van der Waals surface area contributed by atoms with Gasteiger partial charge in [-0.2, -0.15) is 5.10 Å². The van der Waals surface area contributed by atoms with Gasteiger partial charge in [0.1, 0.15) is 0 Å².